The predicted molar refractivity (Wildman–Crippen MR) is 117 cm³/mol. The van der Waals surface area contributed by atoms with Crippen LogP contribution >= 0.6 is 0 Å². The van der Waals surface area contributed by atoms with E-state index in [0.717, 1.165) is 28.1 Å². The Bertz CT molecular complexity index is 1040. The van der Waals surface area contributed by atoms with Crippen LogP contribution < -0.4 is 14.8 Å². The van der Waals surface area contributed by atoms with Crippen molar-refractivity contribution in [3.8, 4) is 28.6 Å². The van der Waals surface area contributed by atoms with Crippen molar-refractivity contribution >= 4 is 5.91 Å². The number of hydrogen-bond acceptors (Lipinski definition) is 5. The van der Waals surface area contributed by atoms with Crippen LogP contribution in [0.2, 0.25) is 0 Å². The lowest BCUT2D eigenvalue weighted by Crippen LogP contribution is -2.26. The molecule has 0 radical (unpaired) electrons. The second-order valence-corrected chi connectivity index (χ2v) is 7.33. The fourth-order valence-electron chi connectivity index (χ4n) is 3.33. The maximum absolute atomic E-state index is 12.7. The maximum atomic E-state index is 12.7. The molecule has 1 heterocycles. The molecular formula is C23H28N4O3. The number of amides is 1. The van der Waals surface area contributed by atoms with Crippen LogP contribution in [0.25, 0.3) is 17.1 Å². The largest absolute Gasteiger partial charge is 0.496 e. The molecule has 1 amide bonds. The van der Waals surface area contributed by atoms with Gasteiger partial charge in [-0.25, -0.2) is 0 Å². The smallest absolute Gasteiger partial charge is 0.289 e. The summed E-state index contributed by atoms with van der Waals surface area (Å²) in [6.45, 7) is 8.58. The zero-order chi connectivity index (χ0) is 21.8. The van der Waals surface area contributed by atoms with E-state index in [4.69, 9.17) is 9.47 Å². The third-order valence-corrected chi connectivity index (χ3v) is 4.91. The van der Waals surface area contributed by atoms with Crippen molar-refractivity contribution in [3.63, 3.8) is 0 Å². The lowest BCUT2D eigenvalue weighted by Gasteiger charge is -2.18. The Kier molecular flexibility index (Phi) is 6.40. The Labute approximate surface area is 177 Å². The minimum absolute atomic E-state index is 0.222. The van der Waals surface area contributed by atoms with Crippen molar-refractivity contribution in [1.29, 1.82) is 0 Å². The second-order valence-electron chi connectivity index (χ2n) is 7.33. The monoisotopic (exact) mass is 408 g/mol. The summed E-state index contributed by atoms with van der Waals surface area (Å²) in [6.07, 6.45) is 0. The molecule has 0 unspecified atom stereocenters. The second kappa shape index (κ2) is 8.98. The molecule has 2 aromatic carbocycles. The molecule has 3 rings (SSSR count). The van der Waals surface area contributed by atoms with E-state index < -0.39 is 0 Å². The van der Waals surface area contributed by atoms with Crippen LogP contribution in [0.4, 0.5) is 0 Å². The molecule has 30 heavy (non-hydrogen) atoms. The lowest BCUT2D eigenvalue weighted by atomic mass is 9.98. The van der Waals surface area contributed by atoms with Crippen LogP contribution in [0.1, 0.15) is 48.4 Å². The zero-order valence-electron chi connectivity index (χ0n) is 18.3. The number of aryl methyl sites for hydroxylation is 1. The van der Waals surface area contributed by atoms with Crippen LogP contribution in [-0.4, -0.2) is 41.4 Å². The number of nitrogens with zero attached hydrogens (tertiary/aromatic N) is 3. The average Bonchev–Trinajstić information content (AvgIpc) is 3.18. The summed E-state index contributed by atoms with van der Waals surface area (Å²) < 4.78 is 13.0. The molecule has 0 aliphatic rings. The van der Waals surface area contributed by atoms with Crippen LogP contribution in [0.5, 0.6) is 11.5 Å². The van der Waals surface area contributed by atoms with Crippen molar-refractivity contribution in [2.24, 2.45) is 0 Å². The quantitative estimate of drug-likeness (QED) is 0.636. The zero-order valence-corrected chi connectivity index (χ0v) is 18.3. The molecule has 158 valence electrons. The summed E-state index contributed by atoms with van der Waals surface area (Å²) in [5.74, 6) is 2.04. The molecule has 0 saturated heterocycles. The van der Waals surface area contributed by atoms with Crippen molar-refractivity contribution < 1.29 is 14.3 Å². The number of ether oxygens (including phenoxy) is 2. The summed E-state index contributed by atoms with van der Waals surface area (Å²) in [7, 11) is 3.24. The lowest BCUT2D eigenvalue weighted by molar-refractivity contribution is 0.0943. The fraction of sp³-hybridized carbons (Fsp3) is 0.348. The van der Waals surface area contributed by atoms with Crippen molar-refractivity contribution in [1.82, 2.24) is 20.1 Å². The summed E-state index contributed by atoms with van der Waals surface area (Å²) >= 11 is 0. The Morgan fingerprint density at radius 1 is 1.07 bits per heavy atom. The number of rotatable bonds is 7. The summed E-state index contributed by atoms with van der Waals surface area (Å²) in [5.41, 5.74) is 3.68. The van der Waals surface area contributed by atoms with Gasteiger partial charge in [-0.05, 0) is 43.5 Å². The van der Waals surface area contributed by atoms with E-state index in [0.29, 0.717) is 18.1 Å². The SMILES string of the molecule is CCNC(=O)c1nnc(-c2cc(C(C)C)c(OC)cc2OC)n1-c1ccc(C)cc1. The van der Waals surface area contributed by atoms with E-state index in [-0.39, 0.29) is 17.6 Å². The van der Waals surface area contributed by atoms with Gasteiger partial charge < -0.3 is 14.8 Å². The third kappa shape index (κ3) is 4.01. The van der Waals surface area contributed by atoms with Crippen molar-refractivity contribution in [3.05, 3.63) is 53.3 Å². The number of methoxy groups -OCH3 is 2. The molecular weight excluding hydrogens is 380 g/mol. The highest BCUT2D eigenvalue weighted by Crippen LogP contribution is 2.39. The van der Waals surface area contributed by atoms with Gasteiger partial charge in [0.2, 0.25) is 5.82 Å². The molecule has 7 nitrogen and oxygen atoms in total. The van der Waals surface area contributed by atoms with E-state index >= 15 is 0 Å². The average molecular weight is 409 g/mol. The molecule has 0 atom stereocenters. The molecule has 1 aromatic heterocycles. The number of hydrogen-bond donors (Lipinski definition) is 1. The van der Waals surface area contributed by atoms with E-state index in [2.05, 4.69) is 29.4 Å². The number of benzene rings is 2. The molecule has 3 aromatic rings. The van der Waals surface area contributed by atoms with Gasteiger partial charge in [0, 0.05) is 18.3 Å². The number of carbonyl (C=O) groups is 1. The topological polar surface area (TPSA) is 78.3 Å². The highest BCUT2D eigenvalue weighted by molar-refractivity contribution is 5.92. The van der Waals surface area contributed by atoms with Crippen LogP contribution in [0.3, 0.4) is 0 Å². The van der Waals surface area contributed by atoms with Gasteiger partial charge in [0.25, 0.3) is 5.91 Å². The predicted octanol–water partition coefficient (Wildman–Crippen LogP) is 4.13. The Morgan fingerprint density at radius 2 is 1.73 bits per heavy atom. The first-order chi connectivity index (χ1) is 14.4. The summed E-state index contributed by atoms with van der Waals surface area (Å²) in [5, 5.41) is 11.4. The normalized spacial score (nSPS) is 10.9. The highest BCUT2D eigenvalue weighted by Gasteiger charge is 2.24. The molecule has 0 aliphatic heterocycles. The van der Waals surface area contributed by atoms with E-state index in [9.17, 15) is 4.79 Å². The number of carbonyl (C=O) groups excluding carboxylic acids is 1. The van der Waals surface area contributed by atoms with Gasteiger partial charge in [-0.2, -0.15) is 0 Å². The van der Waals surface area contributed by atoms with Crippen molar-refractivity contribution in [2.75, 3.05) is 20.8 Å². The molecule has 1 N–H and O–H groups in total. The first-order valence-corrected chi connectivity index (χ1v) is 9.98. The molecule has 0 saturated carbocycles. The van der Waals surface area contributed by atoms with Gasteiger partial charge in [0.05, 0.1) is 19.8 Å². The molecule has 0 spiro atoms. The fourth-order valence-corrected chi connectivity index (χ4v) is 3.33. The Hall–Kier alpha value is -3.35. The van der Waals surface area contributed by atoms with E-state index in [1.54, 1.807) is 18.8 Å². The molecule has 0 fully saturated rings. The first-order valence-electron chi connectivity index (χ1n) is 9.98. The van der Waals surface area contributed by atoms with Gasteiger partial charge in [-0.15, -0.1) is 10.2 Å². The van der Waals surface area contributed by atoms with Gasteiger partial charge in [0.1, 0.15) is 11.5 Å². The minimum Gasteiger partial charge on any atom is -0.496 e. The molecule has 0 aliphatic carbocycles. The Balaban J connectivity index is 2.30. The van der Waals surface area contributed by atoms with Crippen molar-refractivity contribution in [2.45, 2.75) is 33.6 Å². The highest BCUT2D eigenvalue weighted by atomic mass is 16.5. The molecule has 0 bridgehead atoms. The van der Waals surface area contributed by atoms with Crippen LogP contribution in [-0.2, 0) is 0 Å². The summed E-state index contributed by atoms with van der Waals surface area (Å²) in [6, 6.07) is 11.7. The minimum atomic E-state index is -0.284. The molecule has 7 heteroatoms. The number of nitrogens with one attached hydrogen (secondary N) is 1. The van der Waals surface area contributed by atoms with E-state index in [1.807, 2.05) is 50.2 Å². The van der Waals surface area contributed by atoms with Gasteiger partial charge in [-0.3, -0.25) is 9.36 Å². The standard InChI is InChI=1S/C23H28N4O3/c1-7-24-23(28)22-26-25-21(27(22)16-10-8-15(4)9-11-16)18-12-17(14(2)3)19(29-5)13-20(18)30-6/h8-14H,7H2,1-6H3,(H,24,28). The van der Waals surface area contributed by atoms with Gasteiger partial charge in [-0.1, -0.05) is 31.5 Å². The third-order valence-electron chi connectivity index (χ3n) is 4.91. The Morgan fingerprint density at radius 3 is 2.30 bits per heavy atom. The van der Waals surface area contributed by atoms with Gasteiger partial charge >= 0.3 is 0 Å². The van der Waals surface area contributed by atoms with Crippen LogP contribution in [0, 0.1) is 6.92 Å². The summed E-state index contributed by atoms with van der Waals surface area (Å²) in [4.78, 5) is 12.7. The van der Waals surface area contributed by atoms with Crippen LogP contribution in [0.15, 0.2) is 36.4 Å². The first kappa shape index (κ1) is 21.4. The van der Waals surface area contributed by atoms with Gasteiger partial charge in [0.15, 0.2) is 5.82 Å². The maximum Gasteiger partial charge on any atom is 0.289 e. The van der Waals surface area contributed by atoms with E-state index in [1.165, 1.54) is 0 Å². The number of aromatic nitrogens is 3.